The summed E-state index contributed by atoms with van der Waals surface area (Å²) in [5, 5.41) is 3.05. The van der Waals surface area contributed by atoms with E-state index in [-0.39, 0.29) is 18.7 Å². The normalized spacial score (nSPS) is 13.7. The molecule has 0 unspecified atom stereocenters. The molecule has 0 saturated carbocycles. The van der Waals surface area contributed by atoms with E-state index in [4.69, 9.17) is 14.2 Å². The number of rotatable bonds is 6. The van der Waals surface area contributed by atoms with Gasteiger partial charge in [-0.25, -0.2) is 0 Å². The Bertz CT molecular complexity index is 829. The molecule has 2 aromatic rings. The third kappa shape index (κ3) is 3.99. The summed E-state index contributed by atoms with van der Waals surface area (Å²) in [6, 6.07) is 11.5. The first-order valence-electron chi connectivity index (χ1n) is 8.63. The van der Waals surface area contributed by atoms with E-state index in [1.54, 1.807) is 13.2 Å². The van der Waals surface area contributed by atoms with E-state index in [9.17, 15) is 4.79 Å². The van der Waals surface area contributed by atoms with Gasteiger partial charge < -0.3 is 19.5 Å². The lowest BCUT2D eigenvalue weighted by atomic mass is 10.0. The maximum Gasteiger partial charge on any atom is 0.244 e. The van der Waals surface area contributed by atoms with Crippen LogP contribution in [-0.2, 0) is 4.79 Å². The molecule has 5 heteroatoms. The lowest BCUT2D eigenvalue weighted by molar-refractivity contribution is -0.117. The van der Waals surface area contributed by atoms with Gasteiger partial charge in [-0.3, -0.25) is 4.79 Å². The van der Waals surface area contributed by atoms with E-state index < -0.39 is 0 Å². The lowest BCUT2D eigenvalue weighted by Crippen LogP contribution is -2.26. The average Bonchev–Trinajstić information content (AvgIpc) is 3.12. The van der Waals surface area contributed by atoms with Crippen LogP contribution in [0.2, 0.25) is 0 Å². The Labute approximate surface area is 153 Å². The van der Waals surface area contributed by atoms with Gasteiger partial charge in [-0.1, -0.05) is 25.1 Å². The number of carbonyl (C=O) groups is 1. The van der Waals surface area contributed by atoms with E-state index in [0.29, 0.717) is 5.75 Å². The Morgan fingerprint density at radius 3 is 2.77 bits per heavy atom. The number of amides is 1. The van der Waals surface area contributed by atoms with Crippen LogP contribution in [0.25, 0.3) is 6.08 Å². The number of methoxy groups -OCH3 is 1. The molecule has 1 amide bonds. The van der Waals surface area contributed by atoms with Crippen molar-refractivity contribution in [2.24, 2.45) is 0 Å². The van der Waals surface area contributed by atoms with Gasteiger partial charge in [-0.2, -0.15) is 0 Å². The molecule has 136 valence electrons. The first-order chi connectivity index (χ1) is 12.6. The van der Waals surface area contributed by atoms with Crippen LogP contribution in [-0.4, -0.2) is 19.8 Å². The van der Waals surface area contributed by atoms with Gasteiger partial charge in [-0.15, -0.1) is 0 Å². The molecule has 5 nitrogen and oxygen atoms in total. The highest BCUT2D eigenvalue weighted by Crippen LogP contribution is 2.32. The molecule has 0 fully saturated rings. The highest BCUT2D eigenvalue weighted by Gasteiger charge is 2.14. The Hall–Kier alpha value is -2.95. The third-order valence-corrected chi connectivity index (χ3v) is 4.37. The molecule has 0 radical (unpaired) electrons. The number of hydrogen-bond acceptors (Lipinski definition) is 4. The molecular weight excluding hydrogens is 330 g/mol. The minimum atomic E-state index is -0.136. The summed E-state index contributed by atoms with van der Waals surface area (Å²) in [6.45, 7) is 4.28. The number of hydrogen-bond donors (Lipinski definition) is 1. The first-order valence-corrected chi connectivity index (χ1v) is 8.63. The molecule has 0 aliphatic carbocycles. The maximum atomic E-state index is 12.3. The van der Waals surface area contributed by atoms with Crippen LogP contribution in [0.5, 0.6) is 17.2 Å². The summed E-state index contributed by atoms with van der Waals surface area (Å²) in [7, 11) is 1.65. The summed E-state index contributed by atoms with van der Waals surface area (Å²) in [4.78, 5) is 12.3. The number of aryl methyl sites for hydroxylation is 1. The quantitative estimate of drug-likeness (QED) is 0.797. The minimum Gasteiger partial charge on any atom is -0.496 e. The van der Waals surface area contributed by atoms with Crippen molar-refractivity contribution in [2.75, 3.05) is 13.9 Å². The van der Waals surface area contributed by atoms with Crippen molar-refractivity contribution in [3.63, 3.8) is 0 Å². The van der Waals surface area contributed by atoms with Crippen LogP contribution < -0.4 is 19.5 Å². The molecule has 0 aromatic heterocycles. The zero-order valence-corrected chi connectivity index (χ0v) is 15.2. The van der Waals surface area contributed by atoms with Crippen LogP contribution in [0.1, 0.15) is 36.1 Å². The fourth-order valence-corrected chi connectivity index (χ4v) is 2.95. The van der Waals surface area contributed by atoms with Crippen molar-refractivity contribution in [2.45, 2.75) is 26.3 Å². The second-order valence-corrected chi connectivity index (χ2v) is 6.14. The van der Waals surface area contributed by atoms with Crippen LogP contribution in [0, 0.1) is 6.92 Å². The van der Waals surface area contributed by atoms with Gasteiger partial charge in [0.2, 0.25) is 12.7 Å². The SMILES string of the molecule is CC[C@@H](NC(=O)/C=C/c1ccc2c(c1)OCO2)c1ccc(OC)c(C)c1. The van der Waals surface area contributed by atoms with Gasteiger partial charge >= 0.3 is 0 Å². The largest absolute Gasteiger partial charge is 0.496 e. The molecule has 0 saturated heterocycles. The van der Waals surface area contributed by atoms with Crippen molar-refractivity contribution in [1.82, 2.24) is 5.32 Å². The molecule has 0 bridgehead atoms. The topological polar surface area (TPSA) is 56.8 Å². The number of fused-ring (bicyclic) bond motifs is 1. The maximum absolute atomic E-state index is 12.3. The van der Waals surface area contributed by atoms with Gasteiger partial charge in [0.05, 0.1) is 13.2 Å². The second-order valence-electron chi connectivity index (χ2n) is 6.14. The summed E-state index contributed by atoms with van der Waals surface area (Å²) in [5.74, 6) is 2.14. The molecule has 0 spiro atoms. The van der Waals surface area contributed by atoms with Crippen molar-refractivity contribution in [3.8, 4) is 17.2 Å². The lowest BCUT2D eigenvalue weighted by Gasteiger charge is -2.18. The van der Waals surface area contributed by atoms with Gasteiger partial charge in [0, 0.05) is 6.08 Å². The van der Waals surface area contributed by atoms with Gasteiger partial charge in [0.25, 0.3) is 0 Å². The molecule has 26 heavy (non-hydrogen) atoms. The first kappa shape index (κ1) is 17.9. The molecule has 1 atom stereocenters. The average molecular weight is 353 g/mol. The molecule has 1 heterocycles. The van der Waals surface area contributed by atoms with E-state index in [1.807, 2.05) is 44.2 Å². The molecule has 1 N–H and O–H groups in total. The molecule has 2 aromatic carbocycles. The highest BCUT2D eigenvalue weighted by atomic mass is 16.7. The monoisotopic (exact) mass is 353 g/mol. The predicted molar refractivity (Wildman–Crippen MR) is 101 cm³/mol. The van der Waals surface area contributed by atoms with Crippen LogP contribution in [0.15, 0.2) is 42.5 Å². The fourth-order valence-electron chi connectivity index (χ4n) is 2.95. The standard InChI is InChI=1S/C21H23NO4/c1-4-17(16-7-9-18(24-3)14(2)11-16)22-21(23)10-6-15-5-8-19-20(12-15)26-13-25-19/h5-12,17H,4,13H2,1-3H3,(H,22,23)/b10-6+/t17-/m1/s1. The zero-order valence-electron chi connectivity index (χ0n) is 15.2. The smallest absolute Gasteiger partial charge is 0.244 e. The Kier molecular flexibility index (Phi) is 5.46. The van der Waals surface area contributed by atoms with E-state index in [1.165, 1.54) is 6.08 Å². The van der Waals surface area contributed by atoms with Crippen molar-refractivity contribution < 1.29 is 19.0 Å². The van der Waals surface area contributed by atoms with E-state index in [2.05, 4.69) is 11.4 Å². The van der Waals surface area contributed by atoms with Gasteiger partial charge in [0.15, 0.2) is 11.5 Å². The molecule has 1 aliphatic rings. The van der Waals surface area contributed by atoms with Crippen molar-refractivity contribution >= 4 is 12.0 Å². The zero-order chi connectivity index (χ0) is 18.5. The van der Waals surface area contributed by atoms with E-state index >= 15 is 0 Å². The van der Waals surface area contributed by atoms with E-state index in [0.717, 1.165) is 34.6 Å². The number of nitrogens with one attached hydrogen (secondary N) is 1. The van der Waals surface area contributed by atoms with Gasteiger partial charge in [-0.05, 0) is 54.3 Å². The Balaban J connectivity index is 1.66. The summed E-state index contributed by atoms with van der Waals surface area (Å²) < 4.78 is 15.9. The van der Waals surface area contributed by atoms with Crippen molar-refractivity contribution in [1.29, 1.82) is 0 Å². The summed E-state index contributed by atoms with van der Waals surface area (Å²) in [5.41, 5.74) is 3.00. The van der Waals surface area contributed by atoms with Gasteiger partial charge in [0.1, 0.15) is 5.75 Å². The van der Waals surface area contributed by atoms with Crippen molar-refractivity contribution in [3.05, 3.63) is 59.2 Å². The highest BCUT2D eigenvalue weighted by molar-refractivity contribution is 5.92. The second kappa shape index (κ2) is 7.95. The predicted octanol–water partition coefficient (Wildman–Crippen LogP) is 4.01. The number of benzene rings is 2. The van der Waals surface area contributed by atoms with Crippen LogP contribution >= 0.6 is 0 Å². The fraction of sp³-hybridized carbons (Fsp3) is 0.286. The minimum absolute atomic E-state index is 0.0477. The molecule has 1 aliphatic heterocycles. The Morgan fingerprint density at radius 2 is 2.04 bits per heavy atom. The summed E-state index contributed by atoms with van der Waals surface area (Å²) >= 11 is 0. The third-order valence-electron chi connectivity index (χ3n) is 4.37. The number of carbonyl (C=O) groups excluding carboxylic acids is 1. The molecule has 3 rings (SSSR count). The summed E-state index contributed by atoms with van der Waals surface area (Å²) in [6.07, 6.45) is 4.11. The van der Waals surface area contributed by atoms with Crippen LogP contribution in [0.4, 0.5) is 0 Å². The van der Waals surface area contributed by atoms with Crippen LogP contribution in [0.3, 0.4) is 0 Å². The Morgan fingerprint density at radius 1 is 1.23 bits per heavy atom. The number of ether oxygens (including phenoxy) is 3. The molecular formula is C21H23NO4.